The van der Waals surface area contributed by atoms with Crippen LogP contribution in [0.1, 0.15) is 5.56 Å². The van der Waals surface area contributed by atoms with E-state index in [4.69, 9.17) is 9.47 Å². The first-order chi connectivity index (χ1) is 16.9. The van der Waals surface area contributed by atoms with E-state index in [0.717, 1.165) is 24.2 Å². The van der Waals surface area contributed by atoms with Crippen LogP contribution in [0.5, 0.6) is 5.75 Å². The predicted octanol–water partition coefficient (Wildman–Crippen LogP) is 4.05. The molecule has 2 aromatic carbocycles. The van der Waals surface area contributed by atoms with Gasteiger partial charge in [0.1, 0.15) is 5.75 Å². The largest absolute Gasteiger partial charge is 0.434 e. The molecule has 0 unspecified atom stereocenters. The number of fused-ring (bicyclic) bond motifs is 1. The van der Waals surface area contributed by atoms with Crippen LogP contribution in [-0.2, 0) is 18.3 Å². The summed E-state index contributed by atoms with van der Waals surface area (Å²) in [6.07, 6.45) is 3.51. The summed E-state index contributed by atoms with van der Waals surface area (Å²) in [5.74, 6) is 0.705. The fraction of sp³-hybridized carbons (Fsp3) is 0.292. The van der Waals surface area contributed by atoms with Crippen molar-refractivity contribution in [1.82, 2.24) is 19.3 Å². The highest BCUT2D eigenvalue weighted by Gasteiger charge is 2.17. The first-order valence-electron chi connectivity index (χ1n) is 11.0. The Morgan fingerprint density at radius 1 is 1.09 bits per heavy atom. The lowest BCUT2D eigenvalue weighted by Crippen LogP contribution is -2.37. The minimum absolute atomic E-state index is 0.0563. The highest BCUT2D eigenvalue weighted by Crippen LogP contribution is 2.28. The van der Waals surface area contributed by atoms with Gasteiger partial charge in [-0.05, 0) is 35.9 Å². The lowest BCUT2D eigenvalue weighted by molar-refractivity contribution is -0.0505. The average molecular weight is 546 g/mol. The van der Waals surface area contributed by atoms with Gasteiger partial charge in [0.05, 0.1) is 30.7 Å². The van der Waals surface area contributed by atoms with Gasteiger partial charge in [0.15, 0.2) is 0 Å². The van der Waals surface area contributed by atoms with Crippen LogP contribution >= 0.6 is 15.9 Å². The Labute approximate surface area is 207 Å². The lowest BCUT2D eigenvalue weighted by atomic mass is 10.1. The molecule has 0 radical (unpaired) electrons. The Bertz CT molecular complexity index is 1420. The Hall–Kier alpha value is -3.31. The van der Waals surface area contributed by atoms with Crippen molar-refractivity contribution in [2.45, 2.75) is 13.2 Å². The number of hydrogen-bond donors (Lipinski definition) is 0. The molecular formula is C24H22BrF2N5O3. The van der Waals surface area contributed by atoms with Crippen LogP contribution in [0.3, 0.4) is 0 Å². The van der Waals surface area contributed by atoms with E-state index >= 15 is 0 Å². The van der Waals surface area contributed by atoms with Crippen LogP contribution in [0.25, 0.3) is 22.0 Å². The van der Waals surface area contributed by atoms with E-state index in [1.54, 1.807) is 42.3 Å². The van der Waals surface area contributed by atoms with Crippen molar-refractivity contribution in [2.24, 2.45) is 7.05 Å². The van der Waals surface area contributed by atoms with Crippen molar-refractivity contribution in [3.63, 3.8) is 0 Å². The van der Waals surface area contributed by atoms with Crippen LogP contribution in [0.2, 0.25) is 0 Å². The van der Waals surface area contributed by atoms with Crippen molar-refractivity contribution in [3.05, 3.63) is 69.2 Å². The van der Waals surface area contributed by atoms with E-state index in [0.29, 0.717) is 40.1 Å². The van der Waals surface area contributed by atoms with Crippen LogP contribution < -0.4 is 15.2 Å². The summed E-state index contributed by atoms with van der Waals surface area (Å²) in [6.45, 7) is -0.00692. The molecule has 1 aliphatic heterocycles. The summed E-state index contributed by atoms with van der Waals surface area (Å²) in [4.78, 5) is 24.0. The quantitative estimate of drug-likeness (QED) is 0.364. The maximum absolute atomic E-state index is 12.9. The fourth-order valence-electron chi connectivity index (χ4n) is 4.18. The van der Waals surface area contributed by atoms with Gasteiger partial charge in [-0.2, -0.15) is 8.78 Å². The van der Waals surface area contributed by atoms with Crippen molar-refractivity contribution in [1.29, 1.82) is 0 Å². The molecule has 1 saturated heterocycles. The summed E-state index contributed by atoms with van der Waals surface area (Å²) < 4.78 is 39.9. The Balaban J connectivity index is 1.52. The third-order valence-electron chi connectivity index (χ3n) is 5.99. The zero-order valence-corrected chi connectivity index (χ0v) is 20.4. The van der Waals surface area contributed by atoms with E-state index in [2.05, 4.69) is 30.8 Å². The molecule has 1 fully saturated rings. The van der Waals surface area contributed by atoms with Gasteiger partial charge in [-0.3, -0.25) is 14.2 Å². The molecule has 0 N–H and O–H groups in total. The van der Waals surface area contributed by atoms with Crippen LogP contribution in [0.4, 0.5) is 14.7 Å². The van der Waals surface area contributed by atoms with Gasteiger partial charge in [-0.15, -0.1) is 0 Å². The monoisotopic (exact) mass is 545 g/mol. The number of anilines is 1. The highest BCUT2D eigenvalue weighted by molar-refractivity contribution is 9.10. The Morgan fingerprint density at radius 3 is 2.54 bits per heavy atom. The second-order valence-electron chi connectivity index (χ2n) is 8.12. The third-order valence-corrected chi connectivity index (χ3v) is 6.48. The molecule has 0 amide bonds. The number of alkyl halides is 2. The zero-order chi connectivity index (χ0) is 24.5. The molecule has 11 heteroatoms. The number of morpholine rings is 1. The fourth-order valence-corrected chi connectivity index (χ4v) is 4.59. The molecule has 8 nitrogen and oxygen atoms in total. The second-order valence-corrected chi connectivity index (χ2v) is 9.04. The second kappa shape index (κ2) is 9.74. The number of benzene rings is 2. The molecule has 0 spiro atoms. The van der Waals surface area contributed by atoms with Gasteiger partial charge in [-0.1, -0.05) is 22.0 Å². The van der Waals surface area contributed by atoms with Gasteiger partial charge in [0, 0.05) is 48.1 Å². The maximum Gasteiger partial charge on any atom is 0.387 e. The third kappa shape index (κ3) is 4.78. The molecular weight excluding hydrogens is 524 g/mol. The van der Waals surface area contributed by atoms with E-state index in [1.807, 2.05) is 12.1 Å². The van der Waals surface area contributed by atoms with E-state index in [-0.39, 0.29) is 17.9 Å². The number of ether oxygens (including phenoxy) is 2. The smallest absolute Gasteiger partial charge is 0.387 e. The molecule has 2 aromatic heterocycles. The number of rotatable bonds is 6. The number of nitrogens with zero attached hydrogens (tertiary/aromatic N) is 5. The molecule has 0 atom stereocenters. The molecule has 5 rings (SSSR count). The summed E-state index contributed by atoms with van der Waals surface area (Å²) >= 11 is 3.38. The van der Waals surface area contributed by atoms with Crippen molar-refractivity contribution in [3.8, 4) is 16.9 Å². The van der Waals surface area contributed by atoms with E-state index < -0.39 is 6.61 Å². The van der Waals surface area contributed by atoms with Crippen molar-refractivity contribution < 1.29 is 18.3 Å². The zero-order valence-electron chi connectivity index (χ0n) is 18.8. The maximum atomic E-state index is 12.9. The molecule has 4 aromatic rings. The highest BCUT2D eigenvalue weighted by atomic mass is 79.9. The van der Waals surface area contributed by atoms with Crippen LogP contribution in [0.15, 0.2) is 58.1 Å². The summed E-state index contributed by atoms with van der Waals surface area (Å²) in [7, 11) is 1.65. The molecule has 0 saturated carbocycles. The number of aromatic nitrogens is 4. The summed E-state index contributed by atoms with van der Waals surface area (Å²) in [6, 6.07) is 10.3. The van der Waals surface area contributed by atoms with Gasteiger partial charge in [0.2, 0.25) is 5.95 Å². The van der Waals surface area contributed by atoms with Crippen molar-refractivity contribution in [2.75, 3.05) is 31.2 Å². The number of hydrogen-bond acceptors (Lipinski definition) is 6. The van der Waals surface area contributed by atoms with Crippen LogP contribution in [-0.4, -0.2) is 52.2 Å². The Morgan fingerprint density at radius 2 is 1.83 bits per heavy atom. The van der Waals surface area contributed by atoms with E-state index in [9.17, 15) is 13.6 Å². The minimum Gasteiger partial charge on any atom is -0.434 e. The van der Waals surface area contributed by atoms with Gasteiger partial charge in [0.25, 0.3) is 5.56 Å². The topological polar surface area (TPSA) is 74.4 Å². The Kier molecular flexibility index (Phi) is 6.52. The lowest BCUT2D eigenvalue weighted by Gasteiger charge is -2.26. The molecule has 1 aliphatic rings. The molecule has 3 heterocycles. The van der Waals surface area contributed by atoms with Gasteiger partial charge in [-0.25, -0.2) is 9.97 Å². The standard InChI is InChI=1S/C24H22BrF2N5O3/c1-30-22(33)19-4-2-15(17-12-28-24(29-13-17)31-6-8-34-9-7-31)11-20(19)32(30)14-16-10-18(25)3-5-21(16)35-23(26)27/h2-5,10-13,23H,6-9,14H2,1H3. The predicted molar refractivity (Wildman–Crippen MR) is 131 cm³/mol. The average Bonchev–Trinajstić information content (AvgIpc) is 3.10. The normalized spacial score (nSPS) is 14.1. The SMILES string of the molecule is Cn1c(=O)c2ccc(-c3cnc(N4CCOCC4)nc3)cc2n1Cc1cc(Br)ccc1OC(F)F. The summed E-state index contributed by atoms with van der Waals surface area (Å²) in [5.41, 5.74) is 2.63. The van der Waals surface area contributed by atoms with Gasteiger partial charge < -0.3 is 14.4 Å². The summed E-state index contributed by atoms with van der Waals surface area (Å²) in [5, 5.41) is 0.522. The first-order valence-corrected chi connectivity index (χ1v) is 11.8. The molecule has 35 heavy (non-hydrogen) atoms. The molecule has 0 bridgehead atoms. The first kappa shape index (κ1) is 23.4. The molecule has 182 valence electrons. The van der Waals surface area contributed by atoms with Crippen molar-refractivity contribution >= 4 is 32.8 Å². The minimum atomic E-state index is -2.95. The molecule has 0 aliphatic carbocycles. The van der Waals surface area contributed by atoms with Crippen LogP contribution in [0, 0.1) is 0 Å². The number of halogens is 3. The van der Waals surface area contributed by atoms with Gasteiger partial charge >= 0.3 is 6.61 Å². The van der Waals surface area contributed by atoms with E-state index in [1.165, 1.54) is 10.7 Å².